The first-order valence-corrected chi connectivity index (χ1v) is 7.08. The second-order valence-electron chi connectivity index (χ2n) is 3.99. The number of halogens is 1. The van der Waals surface area contributed by atoms with E-state index in [1.54, 1.807) is 0 Å². The normalized spacial score (nSPS) is 13.3. The van der Waals surface area contributed by atoms with Gasteiger partial charge in [-0.05, 0) is 18.6 Å². The van der Waals surface area contributed by atoms with Gasteiger partial charge >= 0.3 is 5.97 Å². The first kappa shape index (κ1) is 14.6. The standard InChI is InChI=1S/C11H14FNO4S/c1-18(16,17)7-2-3-8(9(12)6-7)10(13)4-5-11(14)15/h2-3,6,10H,4-5,13H2,1H3,(H,14,15). The van der Waals surface area contributed by atoms with Crippen LogP contribution in [-0.2, 0) is 14.6 Å². The summed E-state index contributed by atoms with van der Waals surface area (Å²) in [5.41, 5.74) is 5.76. The first-order valence-electron chi connectivity index (χ1n) is 5.18. The van der Waals surface area contributed by atoms with Gasteiger partial charge in [-0.15, -0.1) is 0 Å². The zero-order chi connectivity index (χ0) is 13.9. The van der Waals surface area contributed by atoms with Crippen LogP contribution < -0.4 is 5.73 Å². The molecule has 0 saturated carbocycles. The lowest BCUT2D eigenvalue weighted by Gasteiger charge is -2.12. The van der Waals surface area contributed by atoms with Crippen LogP contribution in [-0.4, -0.2) is 25.7 Å². The van der Waals surface area contributed by atoms with Crippen LogP contribution in [0.5, 0.6) is 0 Å². The maximum absolute atomic E-state index is 13.7. The average molecular weight is 275 g/mol. The van der Waals surface area contributed by atoms with E-state index < -0.39 is 27.7 Å². The number of hydrogen-bond acceptors (Lipinski definition) is 4. The van der Waals surface area contributed by atoms with Crippen LogP contribution in [0.1, 0.15) is 24.4 Å². The summed E-state index contributed by atoms with van der Waals surface area (Å²) in [6.07, 6.45) is 0.894. The van der Waals surface area contributed by atoms with Crippen LogP contribution in [0.3, 0.4) is 0 Å². The number of carboxylic acid groups (broad SMARTS) is 1. The van der Waals surface area contributed by atoms with Crippen molar-refractivity contribution < 1.29 is 22.7 Å². The minimum atomic E-state index is -3.47. The van der Waals surface area contributed by atoms with Crippen LogP contribution in [0.25, 0.3) is 0 Å². The number of hydrogen-bond donors (Lipinski definition) is 2. The summed E-state index contributed by atoms with van der Waals surface area (Å²) in [4.78, 5) is 10.2. The molecule has 1 atom stereocenters. The predicted molar refractivity (Wildman–Crippen MR) is 63.3 cm³/mol. The highest BCUT2D eigenvalue weighted by atomic mass is 32.2. The summed E-state index contributed by atoms with van der Waals surface area (Å²) in [5.74, 6) is -1.76. The number of rotatable bonds is 5. The van der Waals surface area contributed by atoms with Gasteiger partial charge in [-0.3, -0.25) is 4.79 Å². The fraction of sp³-hybridized carbons (Fsp3) is 0.364. The van der Waals surface area contributed by atoms with Crippen LogP contribution in [0, 0.1) is 5.82 Å². The Morgan fingerprint density at radius 1 is 1.50 bits per heavy atom. The maximum Gasteiger partial charge on any atom is 0.303 e. The second-order valence-corrected chi connectivity index (χ2v) is 6.01. The molecule has 18 heavy (non-hydrogen) atoms. The van der Waals surface area contributed by atoms with Crippen molar-refractivity contribution in [2.75, 3.05) is 6.26 Å². The molecule has 3 N–H and O–H groups in total. The summed E-state index contributed by atoms with van der Waals surface area (Å²) >= 11 is 0. The highest BCUT2D eigenvalue weighted by molar-refractivity contribution is 7.90. The minimum absolute atomic E-state index is 0.0878. The lowest BCUT2D eigenvalue weighted by Crippen LogP contribution is -2.14. The third-order valence-corrected chi connectivity index (χ3v) is 3.58. The second kappa shape index (κ2) is 5.45. The van der Waals surface area contributed by atoms with Crippen molar-refractivity contribution in [1.82, 2.24) is 0 Å². The highest BCUT2D eigenvalue weighted by Gasteiger charge is 2.16. The summed E-state index contributed by atoms with van der Waals surface area (Å²) < 4.78 is 36.1. The summed E-state index contributed by atoms with van der Waals surface area (Å²) in [6.45, 7) is 0. The lowest BCUT2D eigenvalue weighted by atomic mass is 10.0. The molecule has 100 valence electrons. The van der Waals surface area contributed by atoms with Crippen LogP contribution in [0.2, 0.25) is 0 Å². The number of benzene rings is 1. The molecule has 0 fully saturated rings. The topological polar surface area (TPSA) is 97.5 Å². The Labute approximate surface area is 104 Å². The van der Waals surface area contributed by atoms with Gasteiger partial charge in [0.1, 0.15) is 5.82 Å². The lowest BCUT2D eigenvalue weighted by molar-refractivity contribution is -0.137. The average Bonchev–Trinajstić information content (AvgIpc) is 2.24. The molecular formula is C11H14FNO4S. The van der Waals surface area contributed by atoms with Crippen LogP contribution >= 0.6 is 0 Å². The van der Waals surface area contributed by atoms with Crippen LogP contribution in [0.4, 0.5) is 4.39 Å². The summed E-state index contributed by atoms with van der Waals surface area (Å²) in [5, 5.41) is 8.50. The van der Waals surface area contributed by atoms with Crippen molar-refractivity contribution in [2.24, 2.45) is 5.73 Å². The van der Waals surface area contributed by atoms with Crippen molar-refractivity contribution in [3.05, 3.63) is 29.6 Å². The predicted octanol–water partition coefficient (Wildman–Crippen LogP) is 1.09. The maximum atomic E-state index is 13.7. The number of sulfone groups is 1. The Bertz CT molecular complexity index is 556. The van der Waals surface area contributed by atoms with Gasteiger partial charge in [0.2, 0.25) is 0 Å². The van der Waals surface area contributed by atoms with Gasteiger partial charge < -0.3 is 10.8 Å². The smallest absolute Gasteiger partial charge is 0.303 e. The molecule has 0 spiro atoms. The van der Waals surface area contributed by atoms with Crippen molar-refractivity contribution in [3.8, 4) is 0 Å². The molecule has 1 rings (SSSR count). The molecule has 0 saturated heterocycles. The molecule has 0 aliphatic carbocycles. The highest BCUT2D eigenvalue weighted by Crippen LogP contribution is 2.22. The van der Waals surface area contributed by atoms with E-state index in [9.17, 15) is 17.6 Å². The molecule has 0 heterocycles. The van der Waals surface area contributed by atoms with Crippen molar-refractivity contribution in [1.29, 1.82) is 0 Å². The van der Waals surface area contributed by atoms with Crippen molar-refractivity contribution in [2.45, 2.75) is 23.8 Å². The minimum Gasteiger partial charge on any atom is -0.481 e. The van der Waals surface area contributed by atoms with E-state index in [2.05, 4.69) is 0 Å². The Hall–Kier alpha value is -1.47. The molecular weight excluding hydrogens is 261 g/mol. The quantitative estimate of drug-likeness (QED) is 0.838. The van der Waals surface area contributed by atoms with E-state index in [0.29, 0.717) is 0 Å². The third kappa shape index (κ3) is 3.78. The summed E-state index contributed by atoms with van der Waals surface area (Å²) in [7, 11) is -3.47. The van der Waals surface area contributed by atoms with E-state index >= 15 is 0 Å². The van der Waals surface area contributed by atoms with Gasteiger partial charge in [-0.25, -0.2) is 12.8 Å². The third-order valence-electron chi connectivity index (χ3n) is 2.47. The molecule has 1 unspecified atom stereocenters. The van der Waals surface area contributed by atoms with Gasteiger partial charge in [0, 0.05) is 24.3 Å². The summed E-state index contributed by atoms with van der Waals surface area (Å²) in [6, 6.07) is 2.66. The van der Waals surface area contributed by atoms with E-state index in [1.165, 1.54) is 12.1 Å². The Balaban J connectivity index is 2.95. The molecule has 0 aliphatic heterocycles. The zero-order valence-corrected chi connectivity index (χ0v) is 10.6. The largest absolute Gasteiger partial charge is 0.481 e. The molecule has 0 bridgehead atoms. The molecule has 0 aliphatic rings. The molecule has 7 heteroatoms. The molecule has 0 aromatic heterocycles. The van der Waals surface area contributed by atoms with Gasteiger partial charge in [0.15, 0.2) is 9.84 Å². The van der Waals surface area contributed by atoms with E-state index in [4.69, 9.17) is 10.8 Å². The van der Waals surface area contributed by atoms with E-state index in [0.717, 1.165) is 12.3 Å². The van der Waals surface area contributed by atoms with Gasteiger partial charge in [0.25, 0.3) is 0 Å². The number of aliphatic carboxylic acids is 1. The van der Waals surface area contributed by atoms with Gasteiger partial charge in [0.05, 0.1) is 4.90 Å². The Morgan fingerprint density at radius 3 is 2.56 bits per heavy atom. The fourth-order valence-electron chi connectivity index (χ4n) is 1.47. The molecule has 5 nitrogen and oxygen atoms in total. The van der Waals surface area contributed by atoms with Crippen LogP contribution in [0.15, 0.2) is 23.1 Å². The first-order chi connectivity index (χ1) is 8.21. The number of carbonyl (C=O) groups is 1. The monoisotopic (exact) mass is 275 g/mol. The molecule has 0 radical (unpaired) electrons. The fourth-order valence-corrected chi connectivity index (χ4v) is 2.11. The van der Waals surface area contributed by atoms with E-state index in [-0.39, 0.29) is 23.3 Å². The van der Waals surface area contributed by atoms with Crippen molar-refractivity contribution >= 4 is 15.8 Å². The Morgan fingerprint density at radius 2 is 2.11 bits per heavy atom. The van der Waals surface area contributed by atoms with Crippen molar-refractivity contribution in [3.63, 3.8) is 0 Å². The Kier molecular flexibility index (Phi) is 4.42. The molecule has 0 amide bonds. The number of nitrogens with two attached hydrogens (primary N) is 1. The van der Waals surface area contributed by atoms with Gasteiger partial charge in [-0.1, -0.05) is 6.07 Å². The van der Waals surface area contributed by atoms with E-state index in [1.807, 2.05) is 0 Å². The zero-order valence-electron chi connectivity index (χ0n) is 9.76. The molecule has 1 aromatic carbocycles. The number of carboxylic acids is 1. The molecule has 1 aromatic rings. The van der Waals surface area contributed by atoms with Gasteiger partial charge in [-0.2, -0.15) is 0 Å². The SMILES string of the molecule is CS(=O)(=O)c1ccc(C(N)CCC(=O)O)c(F)c1.